The number of halogens is 1. The summed E-state index contributed by atoms with van der Waals surface area (Å²) in [6, 6.07) is 9.34. The first-order valence-corrected chi connectivity index (χ1v) is 7.08. The molecule has 1 atom stereocenters. The van der Waals surface area contributed by atoms with Gasteiger partial charge in [0.25, 0.3) is 0 Å². The van der Waals surface area contributed by atoms with E-state index in [0.29, 0.717) is 24.0 Å². The number of alkyl halides is 1. The van der Waals surface area contributed by atoms with E-state index in [1.165, 1.54) is 0 Å². The fourth-order valence-corrected chi connectivity index (χ4v) is 2.24. The number of nitrogens with zero attached hydrogens (tertiary/aromatic N) is 1. The van der Waals surface area contributed by atoms with Crippen LogP contribution in [0.3, 0.4) is 0 Å². The summed E-state index contributed by atoms with van der Waals surface area (Å²) in [7, 11) is 3.20. The number of hydrogen-bond donors (Lipinski definition) is 0. The summed E-state index contributed by atoms with van der Waals surface area (Å²) in [5.41, 5.74) is 1.81. The van der Waals surface area contributed by atoms with E-state index in [1.54, 1.807) is 20.4 Å². The highest BCUT2D eigenvalue weighted by atomic mass is 35.5. The Morgan fingerprint density at radius 1 is 1.05 bits per heavy atom. The average molecular weight is 308 g/mol. The minimum atomic E-state index is -0.312. The summed E-state index contributed by atoms with van der Waals surface area (Å²) in [6.45, 7) is 2.51. The predicted molar refractivity (Wildman–Crippen MR) is 82.6 cm³/mol. The van der Waals surface area contributed by atoms with Crippen LogP contribution in [0.2, 0.25) is 0 Å². The van der Waals surface area contributed by atoms with Gasteiger partial charge in [0.1, 0.15) is 0 Å². The summed E-state index contributed by atoms with van der Waals surface area (Å²) in [6.07, 6.45) is 1.72. The molecule has 0 bridgehead atoms. The highest BCUT2D eigenvalue weighted by molar-refractivity contribution is 6.22. The Morgan fingerprint density at radius 2 is 1.76 bits per heavy atom. The molecule has 0 saturated carbocycles. The van der Waals surface area contributed by atoms with Gasteiger partial charge >= 0.3 is 0 Å². The van der Waals surface area contributed by atoms with E-state index in [2.05, 4.69) is 4.98 Å². The van der Waals surface area contributed by atoms with Gasteiger partial charge in [-0.1, -0.05) is 12.1 Å². The molecule has 1 aromatic carbocycles. The largest absolute Gasteiger partial charge is 0.493 e. The first-order chi connectivity index (χ1) is 10.2. The van der Waals surface area contributed by atoms with E-state index in [4.69, 9.17) is 25.8 Å². The van der Waals surface area contributed by atoms with Crippen molar-refractivity contribution in [1.82, 2.24) is 4.98 Å². The van der Waals surface area contributed by atoms with Gasteiger partial charge in [-0.2, -0.15) is 0 Å². The maximum Gasteiger partial charge on any atom is 0.213 e. The van der Waals surface area contributed by atoms with Crippen molar-refractivity contribution in [3.05, 3.63) is 47.7 Å². The number of aromatic nitrogens is 1. The lowest BCUT2D eigenvalue weighted by Gasteiger charge is -2.14. The predicted octanol–water partition coefficient (Wildman–Crippen LogP) is 3.83. The lowest BCUT2D eigenvalue weighted by atomic mass is 10.1. The molecule has 1 unspecified atom stereocenters. The Bertz CT molecular complexity index is 587. The molecule has 2 rings (SSSR count). The third kappa shape index (κ3) is 3.58. The standard InChI is InChI=1S/C16H18ClNO3/c1-4-21-15-8-6-12(10-18-15)16(17)11-5-7-13(19-2)14(9-11)20-3/h5-10,16H,4H2,1-3H3. The molecule has 1 aromatic heterocycles. The Hall–Kier alpha value is -1.94. The van der Waals surface area contributed by atoms with Crippen LogP contribution in [0.4, 0.5) is 0 Å². The Morgan fingerprint density at radius 3 is 2.33 bits per heavy atom. The van der Waals surface area contributed by atoms with Crippen LogP contribution in [0, 0.1) is 0 Å². The maximum absolute atomic E-state index is 6.51. The second kappa shape index (κ2) is 7.18. The van der Waals surface area contributed by atoms with Crippen LogP contribution in [0.5, 0.6) is 17.4 Å². The lowest BCUT2D eigenvalue weighted by molar-refractivity contribution is 0.326. The molecule has 21 heavy (non-hydrogen) atoms. The molecule has 1 heterocycles. The fraction of sp³-hybridized carbons (Fsp3) is 0.312. The molecule has 0 aliphatic heterocycles. The summed E-state index contributed by atoms with van der Waals surface area (Å²) in [5, 5.41) is -0.312. The first kappa shape index (κ1) is 15.4. The summed E-state index contributed by atoms with van der Waals surface area (Å²) < 4.78 is 15.8. The van der Waals surface area contributed by atoms with Crippen LogP contribution < -0.4 is 14.2 Å². The zero-order valence-corrected chi connectivity index (χ0v) is 13.1. The van der Waals surface area contributed by atoms with Crippen LogP contribution in [-0.4, -0.2) is 25.8 Å². The Balaban J connectivity index is 2.24. The van der Waals surface area contributed by atoms with Gasteiger partial charge in [-0.15, -0.1) is 11.6 Å². The molecule has 112 valence electrons. The topological polar surface area (TPSA) is 40.6 Å². The van der Waals surface area contributed by atoms with E-state index >= 15 is 0 Å². The number of hydrogen-bond acceptors (Lipinski definition) is 4. The number of methoxy groups -OCH3 is 2. The summed E-state index contributed by atoms with van der Waals surface area (Å²) in [4.78, 5) is 4.23. The van der Waals surface area contributed by atoms with Crippen molar-refractivity contribution in [1.29, 1.82) is 0 Å². The smallest absolute Gasteiger partial charge is 0.213 e. The third-order valence-electron chi connectivity index (χ3n) is 3.04. The van der Waals surface area contributed by atoms with Crippen molar-refractivity contribution < 1.29 is 14.2 Å². The average Bonchev–Trinajstić information content (AvgIpc) is 2.54. The molecule has 2 aromatic rings. The van der Waals surface area contributed by atoms with Crippen LogP contribution in [-0.2, 0) is 0 Å². The van der Waals surface area contributed by atoms with Gasteiger partial charge in [-0.25, -0.2) is 4.98 Å². The van der Waals surface area contributed by atoms with Gasteiger partial charge in [0.05, 0.1) is 26.2 Å². The van der Waals surface area contributed by atoms with E-state index in [-0.39, 0.29) is 5.38 Å². The highest BCUT2D eigenvalue weighted by Crippen LogP contribution is 2.35. The number of ether oxygens (including phenoxy) is 3. The van der Waals surface area contributed by atoms with Gasteiger partial charge in [0.15, 0.2) is 11.5 Å². The lowest BCUT2D eigenvalue weighted by Crippen LogP contribution is -1.99. The molecule has 0 aliphatic rings. The number of benzene rings is 1. The molecule has 0 aliphatic carbocycles. The zero-order chi connectivity index (χ0) is 15.2. The van der Waals surface area contributed by atoms with E-state index < -0.39 is 0 Å². The van der Waals surface area contributed by atoms with Crippen molar-refractivity contribution in [3.8, 4) is 17.4 Å². The molecular weight excluding hydrogens is 290 g/mol. The molecule has 0 amide bonds. The number of rotatable bonds is 6. The maximum atomic E-state index is 6.51. The van der Waals surface area contributed by atoms with Crippen molar-refractivity contribution >= 4 is 11.6 Å². The van der Waals surface area contributed by atoms with Crippen molar-refractivity contribution in [2.75, 3.05) is 20.8 Å². The SMILES string of the molecule is CCOc1ccc(C(Cl)c2ccc(OC)c(OC)c2)cn1. The minimum Gasteiger partial charge on any atom is -0.493 e. The fourth-order valence-electron chi connectivity index (χ4n) is 1.98. The molecule has 0 saturated heterocycles. The number of pyridine rings is 1. The van der Waals surface area contributed by atoms with Crippen LogP contribution in [0.1, 0.15) is 23.4 Å². The van der Waals surface area contributed by atoms with E-state index in [1.807, 2.05) is 37.3 Å². The molecule has 4 nitrogen and oxygen atoms in total. The van der Waals surface area contributed by atoms with Gasteiger partial charge < -0.3 is 14.2 Å². The van der Waals surface area contributed by atoms with Crippen molar-refractivity contribution in [2.24, 2.45) is 0 Å². The molecule has 0 radical (unpaired) electrons. The molecular formula is C16H18ClNO3. The highest BCUT2D eigenvalue weighted by Gasteiger charge is 2.14. The van der Waals surface area contributed by atoms with Gasteiger partial charge in [0, 0.05) is 12.3 Å². The van der Waals surface area contributed by atoms with Gasteiger partial charge in [0.2, 0.25) is 5.88 Å². The molecule has 0 fully saturated rings. The Labute approximate surface area is 129 Å². The Kier molecular flexibility index (Phi) is 5.28. The van der Waals surface area contributed by atoms with Crippen LogP contribution in [0.25, 0.3) is 0 Å². The quantitative estimate of drug-likeness (QED) is 0.761. The van der Waals surface area contributed by atoms with Gasteiger partial charge in [-0.05, 0) is 30.2 Å². The van der Waals surface area contributed by atoms with E-state index in [0.717, 1.165) is 11.1 Å². The van der Waals surface area contributed by atoms with Crippen LogP contribution >= 0.6 is 11.6 Å². The van der Waals surface area contributed by atoms with Crippen LogP contribution in [0.15, 0.2) is 36.5 Å². The molecule has 0 spiro atoms. The second-order valence-corrected chi connectivity index (χ2v) is 4.78. The summed E-state index contributed by atoms with van der Waals surface area (Å²) in [5.74, 6) is 1.92. The minimum absolute atomic E-state index is 0.312. The molecule has 5 heteroatoms. The molecule has 0 N–H and O–H groups in total. The first-order valence-electron chi connectivity index (χ1n) is 6.64. The van der Waals surface area contributed by atoms with Gasteiger partial charge in [-0.3, -0.25) is 0 Å². The zero-order valence-electron chi connectivity index (χ0n) is 12.3. The van der Waals surface area contributed by atoms with E-state index in [9.17, 15) is 0 Å². The summed E-state index contributed by atoms with van der Waals surface area (Å²) >= 11 is 6.51. The second-order valence-electron chi connectivity index (χ2n) is 4.34. The normalized spacial score (nSPS) is 11.8. The van der Waals surface area contributed by atoms with Crippen molar-refractivity contribution in [2.45, 2.75) is 12.3 Å². The van der Waals surface area contributed by atoms with Crippen molar-refractivity contribution in [3.63, 3.8) is 0 Å². The third-order valence-corrected chi connectivity index (χ3v) is 3.55. The monoisotopic (exact) mass is 307 g/mol.